The number of ether oxygens (including phenoxy) is 3. The molecule has 0 spiro atoms. The van der Waals surface area contributed by atoms with Gasteiger partial charge >= 0.3 is 17.9 Å². The topological polar surface area (TPSA) is 78.9 Å². The van der Waals surface area contributed by atoms with Crippen LogP contribution in [0, 0.1) is 0 Å². The monoisotopic (exact) mass is 885 g/mol. The van der Waals surface area contributed by atoms with Gasteiger partial charge in [-0.05, 0) is 109 Å². The van der Waals surface area contributed by atoms with Crippen LogP contribution >= 0.6 is 0 Å². The zero-order valence-corrected chi connectivity index (χ0v) is 41.0. The van der Waals surface area contributed by atoms with E-state index in [1.807, 2.05) is 0 Å². The Bertz CT molecular complexity index is 1390. The minimum absolute atomic E-state index is 0.0956. The molecule has 0 saturated heterocycles. The third-order valence-electron chi connectivity index (χ3n) is 10.2. The lowest BCUT2D eigenvalue weighted by Gasteiger charge is -2.18. The summed E-state index contributed by atoms with van der Waals surface area (Å²) in [5, 5.41) is 0. The maximum absolute atomic E-state index is 12.6. The SMILES string of the molecule is CC/C=C\C/C=C\C/C=C\C/C=C\C/C=C\C/C=C\C/C=C\C/C=C\C/C=C\CCCCCC(=O)OCC(COC(=O)CCCCCCC)OC(=O)CCCCCCC/C=C\CCC. The van der Waals surface area contributed by atoms with Crippen LogP contribution in [-0.2, 0) is 28.6 Å². The lowest BCUT2D eigenvalue weighted by atomic mass is 10.1. The molecule has 0 aliphatic carbocycles. The Morgan fingerprint density at radius 3 is 1.05 bits per heavy atom. The normalized spacial score (nSPS) is 13.1. The maximum Gasteiger partial charge on any atom is 0.306 e. The van der Waals surface area contributed by atoms with E-state index in [2.05, 4.69) is 142 Å². The van der Waals surface area contributed by atoms with E-state index < -0.39 is 6.10 Å². The molecule has 360 valence electrons. The highest BCUT2D eigenvalue weighted by Crippen LogP contribution is 2.12. The summed E-state index contributed by atoms with van der Waals surface area (Å²) in [6.45, 7) is 6.31. The van der Waals surface area contributed by atoms with Crippen molar-refractivity contribution in [2.24, 2.45) is 0 Å². The molecule has 6 nitrogen and oxygen atoms in total. The molecule has 0 fully saturated rings. The molecule has 1 unspecified atom stereocenters. The predicted molar refractivity (Wildman–Crippen MR) is 274 cm³/mol. The van der Waals surface area contributed by atoms with Crippen molar-refractivity contribution in [2.75, 3.05) is 13.2 Å². The molecule has 0 aromatic heterocycles. The molecule has 6 heteroatoms. The lowest BCUT2D eigenvalue weighted by molar-refractivity contribution is -0.167. The Hall–Kier alpha value is -4.19. The largest absolute Gasteiger partial charge is 0.462 e. The second kappa shape index (κ2) is 51.4. The van der Waals surface area contributed by atoms with Gasteiger partial charge in [-0.25, -0.2) is 0 Å². The molecule has 1 atom stereocenters. The summed E-state index contributed by atoms with van der Waals surface area (Å²) in [6, 6.07) is 0. The second-order valence-electron chi connectivity index (χ2n) is 16.3. The Balaban J connectivity index is 4.16. The van der Waals surface area contributed by atoms with E-state index in [4.69, 9.17) is 14.2 Å². The quantitative estimate of drug-likeness (QED) is 0.0262. The summed E-state index contributed by atoms with van der Waals surface area (Å²) in [5.41, 5.74) is 0. The van der Waals surface area contributed by atoms with Gasteiger partial charge in [-0.3, -0.25) is 14.4 Å². The van der Waals surface area contributed by atoms with Gasteiger partial charge in [-0.1, -0.05) is 200 Å². The first-order chi connectivity index (χ1) is 31.5. The number of carbonyl (C=O) groups is 3. The first-order valence-corrected chi connectivity index (χ1v) is 25.5. The average Bonchev–Trinajstić information content (AvgIpc) is 3.29. The highest BCUT2D eigenvalue weighted by molar-refractivity contribution is 5.71. The molecule has 0 heterocycles. The highest BCUT2D eigenvalue weighted by Gasteiger charge is 2.19. The van der Waals surface area contributed by atoms with Crippen molar-refractivity contribution in [3.05, 3.63) is 122 Å². The highest BCUT2D eigenvalue weighted by atomic mass is 16.6. The number of carbonyl (C=O) groups excluding carboxylic acids is 3. The van der Waals surface area contributed by atoms with Crippen LogP contribution < -0.4 is 0 Å². The standard InChI is InChI=1S/C58H92O6/c1-4-7-10-13-15-17-19-20-21-22-23-24-25-26-27-28-29-30-31-32-33-34-35-36-37-38-39-41-42-45-48-51-57(60)63-54-55(53-62-56(59)50-47-44-12-9-6-3)64-58(61)52-49-46-43-40-18-16-14-11-8-5-2/h7,10-11,14-15,17,20-21,23-24,26-27,29-30,32-33,35-36,38-39,55H,4-6,8-9,12-13,16,18-19,22,25,28,31,34,37,40-54H2,1-3H3/b10-7-,14-11-,17-15-,21-20-,24-23-,27-26-,30-29-,33-32-,36-35-,39-38-. The first-order valence-electron chi connectivity index (χ1n) is 25.5. The van der Waals surface area contributed by atoms with Crippen molar-refractivity contribution in [2.45, 2.75) is 213 Å². The molecule has 0 aliphatic heterocycles. The summed E-state index contributed by atoms with van der Waals surface area (Å²) < 4.78 is 16.6. The van der Waals surface area contributed by atoms with Gasteiger partial charge in [0.1, 0.15) is 13.2 Å². The molecule has 0 saturated carbocycles. The predicted octanol–water partition coefficient (Wildman–Crippen LogP) is 16.9. The third-order valence-corrected chi connectivity index (χ3v) is 10.2. The molecular formula is C58H92O6. The van der Waals surface area contributed by atoms with E-state index in [1.165, 1.54) is 12.8 Å². The lowest BCUT2D eigenvalue weighted by Crippen LogP contribution is -2.30. The number of rotatable bonds is 44. The van der Waals surface area contributed by atoms with Crippen molar-refractivity contribution in [3.63, 3.8) is 0 Å². The number of allylic oxidation sites excluding steroid dienone is 20. The molecule has 0 amide bonds. The Kier molecular flexibility index (Phi) is 48.1. The smallest absolute Gasteiger partial charge is 0.306 e. The fourth-order valence-electron chi connectivity index (χ4n) is 6.38. The van der Waals surface area contributed by atoms with Crippen molar-refractivity contribution < 1.29 is 28.6 Å². The third kappa shape index (κ3) is 48.8. The van der Waals surface area contributed by atoms with Crippen LogP contribution in [0.4, 0.5) is 0 Å². The second-order valence-corrected chi connectivity index (χ2v) is 16.3. The molecule has 0 N–H and O–H groups in total. The number of hydrogen-bond acceptors (Lipinski definition) is 6. The van der Waals surface area contributed by atoms with Gasteiger partial charge < -0.3 is 14.2 Å². The molecule has 0 aromatic carbocycles. The van der Waals surface area contributed by atoms with Gasteiger partial charge in [0.25, 0.3) is 0 Å². The Morgan fingerprint density at radius 1 is 0.328 bits per heavy atom. The van der Waals surface area contributed by atoms with Crippen LogP contribution in [0.1, 0.15) is 207 Å². The van der Waals surface area contributed by atoms with Crippen molar-refractivity contribution in [3.8, 4) is 0 Å². The van der Waals surface area contributed by atoms with Gasteiger partial charge in [0.05, 0.1) is 0 Å². The molecule has 64 heavy (non-hydrogen) atoms. The van der Waals surface area contributed by atoms with Crippen LogP contribution in [0.2, 0.25) is 0 Å². The number of unbranched alkanes of at least 4 members (excludes halogenated alkanes) is 13. The zero-order valence-electron chi connectivity index (χ0n) is 41.0. The van der Waals surface area contributed by atoms with Gasteiger partial charge in [0, 0.05) is 19.3 Å². The van der Waals surface area contributed by atoms with Crippen LogP contribution in [-0.4, -0.2) is 37.2 Å². The van der Waals surface area contributed by atoms with Crippen molar-refractivity contribution in [1.29, 1.82) is 0 Å². The Labute approximate surface area is 392 Å². The molecular weight excluding hydrogens is 793 g/mol. The van der Waals surface area contributed by atoms with E-state index in [9.17, 15) is 14.4 Å². The number of esters is 3. The molecule has 0 rings (SSSR count). The summed E-state index contributed by atoms with van der Waals surface area (Å²) >= 11 is 0. The van der Waals surface area contributed by atoms with E-state index in [1.54, 1.807) is 0 Å². The fraction of sp³-hybridized carbons (Fsp3) is 0.603. The zero-order chi connectivity index (χ0) is 46.5. The fourth-order valence-corrected chi connectivity index (χ4v) is 6.38. The summed E-state index contributed by atoms with van der Waals surface area (Å²) in [4.78, 5) is 37.5. The van der Waals surface area contributed by atoms with Gasteiger partial charge in [0.15, 0.2) is 6.10 Å². The molecule has 0 bridgehead atoms. The average molecular weight is 885 g/mol. The van der Waals surface area contributed by atoms with Crippen LogP contribution in [0.5, 0.6) is 0 Å². The first kappa shape index (κ1) is 59.8. The molecule has 0 aliphatic rings. The van der Waals surface area contributed by atoms with Crippen molar-refractivity contribution >= 4 is 17.9 Å². The summed E-state index contributed by atoms with van der Waals surface area (Å²) in [5.74, 6) is -0.966. The van der Waals surface area contributed by atoms with Crippen LogP contribution in [0.3, 0.4) is 0 Å². The van der Waals surface area contributed by atoms with Gasteiger partial charge in [-0.2, -0.15) is 0 Å². The summed E-state index contributed by atoms with van der Waals surface area (Å²) in [6.07, 6.45) is 70.9. The minimum Gasteiger partial charge on any atom is -0.462 e. The summed E-state index contributed by atoms with van der Waals surface area (Å²) in [7, 11) is 0. The Morgan fingerprint density at radius 2 is 0.641 bits per heavy atom. The van der Waals surface area contributed by atoms with E-state index in [0.29, 0.717) is 19.3 Å². The van der Waals surface area contributed by atoms with E-state index in [-0.39, 0.29) is 31.1 Å². The maximum atomic E-state index is 12.6. The van der Waals surface area contributed by atoms with Crippen molar-refractivity contribution in [1.82, 2.24) is 0 Å². The molecule has 0 radical (unpaired) electrons. The van der Waals surface area contributed by atoms with E-state index >= 15 is 0 Å². The molecule has 0 aromatic rings. The van der Waals surface area contributed by atoms with E-state index in [0.717, 1.165) is 154 Å². The number of hydrogen-bond donors (Lipinski definition) is 0. The minimum atomic E-state index is -0.793. The van der Waals surface area contributed by atoms with Gasteiger partial charge in [0.2, 0.25) is 0 Å². The van der Waals surface area contributed by atoms with Crippen LogP contribution in [0.15, 0.2) is 122 Å². The van der Waals surface area contributed by atoms with Crippen LogP contribution in [0.25, 0.3) is 0 Å². The van der Waals surface area contributed by atoms with Gasteiger partial charge in [-0.15, -0.1) is 0 Å².